The third-order valence-electron chi connectivity index (χ3n) is 6.60. The summed E-state index contributed by atoms with van der Waals surface area (Å²) < 4.78 is 1.60. The molecule has 3 aliphatic rings. The lowest BCUT2D eigenvalue weighted by Gasteiger charge is -2.44. The molecule has 2 bridgehead atoms. The Balaban J connectivity index is 1.30. The van der Waals surface area contributed by atoms with E-state index in [2.05, 4.69) is 26.7 Å². The summed E-state index contributed by atoms with van der Waals surface area (Å²) in [5.41, 5.74) is 0. The van der Waals surface area contributed by atoms with Crippen LogP contribution in [0.2, 0.25) is 0 Å². The highest BCUT2D eigenvalue weighted by atomic mass is 32.1. The highest BCUT2D eigenvalue weighted by molar-refractivity contribution is 7.15. The molecule has 5 heterocycles. The average Bonchev–Trinajstić information content (AvgIpc) is 3.26. The van der Waals surface area contributed by atoms with Crippen molar-refractivity contribution >= 4 is 27.9 Å². The normalized spacial score (nSPS) is 30.3. The fourth-order valence-electron chi connectivity index (χ4n) is 5.12. The van der Waals surface area contributed by atoms with Crippen LogP contribution in [0.3, 0.4) is 0 Å². The van der Waals surface area contributed by atoms with Crippen molar-refractivity contribution in [2.24, 2.45) is 0 Å². The van der Waals surface area contributed by atoms with Crippen LogP contribution in [0.25, 0.3) is 4.96 Å². The Morgan fingerprint density at radius 3 is 2.50 bits per heavy atom. The molecule has 2 aromatic rings. The van der Waals surface area contributed by atoms with Crippen LogP contribution in [-0.2, 0) is 0 Å². The molecule has 0 radical (unpaired) electrons. The number of aromatic nitrogens is 2. The molecule has 5 rings (SSSR count). The van der Waals surface area contributed by atoms with E-state index >= 15 is 0 Å². The van der Waals surface area contributed by atoms with Crippen LogP contribution in [0.5, 0.6) is 0 Å². The number of fused-ring (bicyclic) bond motifs is 3. The van der Waals surface area contributed by atoms with E-state index in [4.69, 9.17) is 0 Å². The van der Waals surface area contributed by atoms with Gasteiger partial charge in [-0.1, -0.05) is 11.3 Å². The molecule has 2 unspecified atom stereocenters. The van der Waals surface area contributed by atoms with Gasteiger partial charge in [0.2, 0.25) is 5.82 Å². The summed E-state index contributed by atoms with van der Waals surface area (Å²) in [6.45, 7) is 3.56. The Morgan fingerprint density at radius 2 is 1.85 bits per heavy atom. The Kier molecular flexibility index (Phi) is 3.91. The number of rotatable bonds is 3. The van der Waals surface area contributed by atoms with Crippen molar-refractivity contribution in [3.63, 3.8) is 0 Å². The van der Waals surface area contributed by atoms with Gasteiger partial charge in [0.1, 0.15) is 6.20 Å². The second-order valence-corrected chi connectivity index (χ2v) is 8.64. The molecule has 2 atom stereocenters. The van der Waals surface area contributed by atoms with E-state index in [1.807, 2.05) is 5.38 Å². The molecule has 8 nitrogen and oxygen atoms in total. The van der Waals surface area contributed by atoms with E-state index in [0.29, 0.717) is 16.8 Å². The van der Waals surface area contributed by atoms with Crippen LogP contribution < -0.4 is 4.90 Å². The van der Waals surface area contributed by atoms with Crippen LogP contribution in [0, 0.1) is 10.1 Å². The first kappa shape index (κ1) is 16.5. The van der Waals surface area contributed by atoms with Crippen molar-refractivity contribution in [3.05, 3.63) is 21.7 Å². The first-order chi connectivity index (χ1) is 12.6. The molecule has 0 spiro atoms. The fraction of sp³-hybridized carbons (Fsp3) is 0.706. The Bertz CT molecular complexity index is 812. The molecule has 0 amide bonds. The third-order valence-corrected chi connectivity index (χ3v) is 7.35. The van der Waals surface area contributed by atoms with Crippen molar-refractivity contribution in [2.45, 2.75) is 43.8 Å². The van der Waals surface area contributed by atoms with E-state index in [1.54, 1.807) is 10.6 Å². The van der Waals surface area contributed by atoms with E-state index in [-0.39, 0.29) is 10.7 Å². The molecule has 140 valence electrons. The number of nitro groups is 1. The summed E-state index contributed by atoms with van der Waals surface area (Å²) in [4.78, 5) is 23.8. The average molecular weight is 376 g/mol. The summed E-state index contributed by atoms with van der Waals surface area (Å²) in [5, 5.41) is 13.4. The molecule has 26 heavy (non-hydrogen) atoms. The molecule has 0 aromatic carbocycles. The number of hydrogen-bond acceptors (Lipinski definition) is 7. The van der Waals surface area contributed by atoms with Gasteiger partial charge in [-0.3, -0.25) is 4.90 Å². The van der Waals surface area contributed by atoms with Crippen LogP contribution in [0.15, 0.2) is 11.6 Å². The minimum atomic E-state index is -0.302. The number of nitrogens with zero attached hydrogens (tertiary/aromatic N) is 6. The van der Waals surface area contributed by atoms with Gasteiger partial charge in [0.05, 0.1) is 0 Å². The first-order valence-electron chi connectivity index (χ1n) is 9.42. The number of thiazole rings is 1. The van der Waals surface area contributed by atoms with E-state index in [0.717, 1.165) is 38.3 Å². The van der Waals surface area contributed by atoms with E-state index in [1.165, 1.54) is 37.0 Å². The molecule has 2 aromatic heterocycles. The molecule has 0 N–H and O–H groups in total. The molecule has 3 fully saturated rings. The highest BCUT2D eigenvalue weighted by Gasteiger charge is 2.41. The Hall–Kier alpha value is -1.71. The lowest BCUT2D eigenvalue weighted by Crippen LogP contribution is -2.55. The predicted octanol–water partition coefficient (Wildman–Crippen LogP) is 2.05. The zero-order valence-electron chi connectivity index (χ0n) is 15.0. The molecule has 9 heteroatoms. The molecular formula is C17H24N6O2S. The summed E-state index contributed by atoms with van der Waals surface area (Å²) in [6, 6.07) is 2.17. The second kappa shape index (κ2) is 6.17. The first-order valence-corrected chi connectivity index (χ1v) is 10.3. The molecule has 0 saturated carbocycles. The minimum Gasteiger partial charge on any atom is -0.358 e. The quantitative estimate of drug-likeness (QED) is 0.603. The second-order valence-electron chi connectivity index (χ2n) is 7.77. The number of hydrogen-bond donors (Lipinski definition) is 0. The fourth-order valence-corrected chi connectivity index (χ4v) is 5.83. The Morgan fingerprint density at radius 1 is 1.15 bits per heavy atom. The highest BCUT2D eigenvalue weighted by Crippen LogP contribution is 2.37. The van der Waals surface area contributed by atoms with Crippen LogP contribution in [0.1, 0.15) is 25.7 Å². The van der Waals surface area contributed by atoms with Crippen molar-refractivity contribution in [3.8, 4) is 0 Å². The maximum absolute atomic E-state index is 11.6. The van der Waals surface area contributed by atoms with E-state index in [9.17, 15) is 10.1 Å². The number of anilines is 1. The minimum absolute atomic E-state index is 0.104. The number of imidazole rings is 1. The van der Waals surface area contributed by atoms with Crippen molar-refractivity contribution < 1.29 is 4.92 Å². The predicted molar refractivity (Wildman–Crippen MR) is 101 cm³/mol. The van der Waals surface area contributed by atoms with Crippen LogP contribution in [-0.4, -0.2) is 75.5 Å². The summed E-state index contributed by atoms with van der Waals surface area (Å²) in [5.74, 6) is 0.636. The van der Waals surface area contributed by atoms with Crippen molar-refractivity contribution in [1.82, 2.24) is 19.2 Å². The maximum atomic E-state index is 11.6. The van der Waals surface area contributed by atoms with Gasteiger partial charge in [0.25, 0.3) is 4.96 Å². The van der Waals surface area contributed by atoms with Gasteiger partial charge in [0.15, 0.2) is 0 Å². The summed E-state index contributed by atoms with van der Waals surface area (Å²) >= 11 is 1.44. The van der Waals surface area contributed by atoms with Gasteiger partial charge < -0.3 is 19.9 Å². The van der Waals surface area contributed by atoms with E-state index < -0.39 is 0 Å². The number of piperazine rings is 1. The lowest BCUT2D eigenvalue weighted by atomic mass is 9.96. The van der Waals surface area contributed by atoms with Gasteiger partial charge in [-0.2, -0.15) is 9.38 Å². The molecule has 3 saturated heterocycles. The molecule has 3 aliphatic heterocycles. The van der Waals surface area contributed by atoms with Crippen molar-refractivity contribution in [1.29, 1.82) is 0 Å². The van der Waals surface area contributed by atoms with Gasteiger partial charge in [-0.25, -0.2) is 0 Å². The largest absolute Gasteiger partial charge is 0.373 e. The van der Waals surface area contributed by atoms with Gasteiger partial charge in [-0.15, -0.1) is 0 Å². The topological polar surface area (TPSA) is 70.2 Å². The smallest absolute Gasteiger partial charge is 0.358 e. The number of piperidine rings is 1. The SMILES string of the molecule is CN1C2CCC1CC(N1CCN(c3nc4sccn4c3[N+](=O)[O-])CC1)C2. The van der Waals surface area contributed by atoms with Gasteiger partial charge in [-0.05, 0) is 37.7 Å². The van der Waals surface area contributed by atoms with Gasteiger partial charge >= 0.3 is 5.82 Å². The molecular weight excluding hydrogens is 352 g/mol. The molecule has 0 aliphatic carbocycles. The van der Waals surface area contributed by atoms with Crippen LogP contribution >= 0.6 is 11.3 Å². The van der Waals surface area contributed by atoms with Crippen LogP contribution in [0.4, 0.5) is 11.6 Å². The third kappa shape index (κ3) is 2.52. The summed E-state index contributed by atoms with van der Waals surface area (Å²) in [7, 11) is 2.28. The van der Waals surface area contributed by atoms with Crippen molar-refractivity contribution in [2.75, 3.05) is 38.1 Å². The maximum Gasteiger partial charge on any atom is 0.373 e. The lowest BCUT2D eigenvalue weighted by molar-refractivity contribution is -0.389. The summed E-state index contributed by atoms with van der Waals surface area (Å²) in [6.07, 6.45) is 6.96. The Labute approximate surface area is 156 Å². The zero-order valence-corrected chi connectivity index (χ0v) is 15.8. The van der Waals surface area contributed by atoms with Gasteiger partial charge in [0, 0.05) is 49.7 Å². The zero-order chi connectivity index (χ0) is 17.8. The standard InChI is InChI=1S/C17H24N6O2S/c1-19-12-2-3-13(19)11-14(10-12)20-4-6-21(7-5-20)15-16(23(24)25)22-8-9-26-17(22)18-15/h8-9,12-14H,2-7,10-11H2,1H3. The monoisotopic (exact) mass is 376 g/mol.